The molecular weight excluding hydrogens is 382 g/mol. The molecule has 1 aromatic carbocycles. The zero-order valence-corrected chi connectivity index (χ0v) is 18.8. The molecule has 3 amide bonds. The first-order valence-corrected chi connectivity index (χ1v) is 10.1. The number of ether oxygens (including phenoxy) is 1. The predicted octanol–water partition coefficient (Wildman–Crippen LogP) is 3.40. The molecule has 0 saturated carbocycles. The Hall–Kier alpha value is -2.87. The number of nitrogens with zero attached hydrogens (tertiary/aromatic N) is 3. The normalized spacial score (nSPS) is 11.3. The number of carbonyl (C=O) groups excluding carboxylic acids is 2. The van der Waals surface area contributed by atoms with Gasteiger partial charge < -0.3 is 20.3 Å². The molecule has 0 atom stereocenters. The number of rotatable bonds is 8. The van der Waals surface area contributed by atoms with Crippen LogP contribution in [0.25, 0.3) is 0 Å². The van der Waals surface area contributed by atoms with Crippen LogP contribution in [-0.2, 0) is 28.4 Å². The van der Waals surface area contributed by atoms with Gasteiger partial charge in [-0.2, -0.15) is 5.10 Å². The molecule has 0 aliphatic carbocycles. The number of methoxy groups -OCH3 is 1. The number of aryl methyl sites for hydroxylation is 2. The lowest BCUT2D eigenvalue weighted by molar-refractivity contribution is -0.116. The zero-order chi connectivity index (χ0) is 22.3. The first kappa shape index (κ1) is 23.4. The largest absolute Gasteiger partial charge is 0.383 e. The fourth-order valence-electron chi connectivity index (χ4n) is 2.91. The van der Waals surface area contributed by atoms with Gasteiger partial charge in [-0.3, -0.25) is 9.48 Å². The molecule has 2 rings (SSSR count). The fourth-order valence-corrected chi connectivity index (χ4v) is 2.91. The van der Waals surface area contributed by atoms with Gasteiger partial charge >= 0.3 is 6.03 Å². The molecule has 1 aromatic heterocycles. The Labute approximate surface area is 178 Å². The maximum atomic E-state index is 12.8. The molecule has 8 nitrogen and oxygen atoms in total. The summed E-state index contributed by atoms with van der Waals surface area (Å²) in [6.45, 7) is 8.74. The maximum absolute atomic E-state index is 12.8. The smallest absolute Gasteiger partial charge is 0.322 e. The molecule has 0 radical (unpaired) electrons. The molecule has 0 bridgehead atoms. The van der Waals surface area contributed by atoms with E-state index in [2.05, 4.69) is 36.5 Å². The summed E-state index contributed by atoms with van der Waals surface area (Å²) >= 11 is 0. The number of hydrogen-bond donors (Lipinski definition) is 2. The summed E-state index contributed by atoms with van der Waals surface area (Å²) in [6, 6.07) is 9.14. The van der Waals surface area contributed by atoms with Gasteiger partial charge in [-0.15, -0.1) is 0 Å². The molecule has 164 valence electrons. The van der Waals surface area contributed by atoms with Gasteiger partial charge in [-0.25, -0.2) is 4.79 Å². The van der Waals surface area contributed by atoms with Gasteiger partial charge in [0.1, 0.15) is 12.4 Å². The lowest BCUT2D eigenvalue weighted by Gasteiger charge is -2.23. The molecule has 1 heterocycles. The summed E-state index contributed by atoms with van der Waals surface area (Å²) in [7, 11) is 3.34. The third-order valence-electron chi connectivity index (χ3n) is 4.74. The number of amides is 3. The number of nitrogens with one attached hydrogen (secondary N) is 2. The molecule has 0 saturated heterocycles. The zero-order valence-electron chi connectivity index (χ0n) is 18.8. The molecule has 0 aliphatic heterocycles. The Morgan fingerprint density at radius 3 is 2.50 bits per heavy atom. The third-order valence-corrected chi connectivity index (χ3v) is 4.74. The average Bonchev–Trinajstić information content (AvgIpc) is 3.06. The van der Waals surface area contributed by atoms with Crippen LogP contribution < -0.4 is 10.6 Å². The summed E-state index contributed by atoms with van der Waals surface area (Å²) in [5.74, 6) is 0.293. The van der Waals surface area contributed by atoms with Crippen molar-refractivity contribution in [3.05, 3.63) is 41.6 Å². The van der Waals surface area contributed by atoms with Crippen LogP contribution in [0.1, 0.15) is 39.0 Å². The van der Waals surface area contributed by atoms with Crippen molar-refractivity contribution in [3.63, 3.8) is 0 Å². The van der Waals surface area contributed by atoms with E-state index in [0.717, 1.165) is 23.4 Å². The molecular formula is C22H33N5O3. The van der Waals surface area contributed by atoms with Gasteiger partial charge in [0, 0.05) is 37.9 Å². The molecule has 30 heavy (non-hydrogen) atoms. The minimum atomic E-state index is -0.344. The van der Waals surface area contributed by atoms with Crippen molar-refractivity contribution in [3.8, 4) is 0 Å². The first-order valence-electron chi connectivity index (χ1n) is 10.1. The quantitative estimate of drug-likeness (QED) is 0.692. The van der Waals surface area contributed by atoms with E-state index in [4.69, 9.17) is 4.74 Å². The van der Waals surface area contributed by atoms with Crippen molar-refractivity contribution in [2.24, 2.45) is 7.05 Å². The van der Waals surface area contributed by atoms with Gasteiger partial charge in [0.15, 0.2) is 0 Å². The van der Waals surface area contributed by atoms with Gasteiger partial charge in [-0.05, 0) is 18.1 Å². The number of anilines is 2. The Balaban J connectivity index is 2.09. The Morgan fingerprint density at radius 1 is 1.20 bits per heavy atom. The molecule has 2 aromatic rings. The molecule has 8 heteroatoms. The van der Waals surface area contributed by atoms with Crippen molar-refractivity contribution in [1.29, 1.82) is 0 Å². The minimum absolute atomic E-state index is 0.0977. The highest BCUT2D eigenvalue weighted by molar-refractivity contribution is 5.97. The highest BCUT2D eigenvalue weighted by Crippen LogP contribution is 2.23. The second kappa shape index (κ2) is 10.2. The van der Waals surface area contributed by atoms with E-state index in [1.54, 1.807) is 18.8 Å². The second-order valence-corrected chi connectivity index (χ2v) is 8.19. The van der Waals surface area contributed by atoms with E-state index in [-0.39, 0.29) is 23.9 Å². The van der Waals surface area contributed by atoms with Crippen molar-refractivity contribution in [1.82, 2.24) is 14.7 Å². The van der Waals surface area contributed by atoms with Crippen LogP contribution in [0, 0.1) is 0 Å². The van der Waals surface area contributed by atoms with Gasteiger partial charge in [0.25, 0.3) is 0 Å². The summed E-state index contributed by atoms with van der Waals surface area (Å²) in [5, 5.41) is 10.2. The van der Waals surface area contributed by atoms with Crippen molar-refractivity contribution in [2.75, 3.05) is 37.4 Å². The van der Waals surface area contributed by atoms with Crippen LogP contribution in [0.5, 0.6) is 0 Å². The summed E-state index contributed by atoms with van der Waals surface area (Å²) < 4.78 is 6.74. The average molecular weight is 416 g/mol. The van der Waals surface area contributed by atoms with Crippen LogP contribution >= 0.6 is 0 Å². The van der Waals surface area contributed by atoms with Crippen LogP contribution in [0.2, 0.25) is 0 Å². The Bertz CT molecular complexity index is 870. The summed E-state index contributed by atoms with van der Waals surface area (Å²) in [5.41, 5.74) is 2.53. The first-order chi connectivity index (χ1) is 14.2. The van der Waals surface area contributed by atoms with Crippen molar-refractivity contribution in [2.45, 2.75) is 39.5 Å². The second-order valence-electron chi connectivity index (χ2n) is 8.19. The maximum Gasteiger partial charge on any atom is 0.322 e. The minimum Gasteiger partial charge on any atom is -0.383 e. The number of aromatic nitrogens is 2. The highest BCUT2D eigenvalue weighted by atomic mass is 16.5. The van der Waals surface area contributed by atoms with E-state index in [0.29, 0.717) is 19.0 Å². The van der Waals surface area contributed by atoms with Crippen LogP contribution in [0.4, 0.5) is 16.3 Å². The fraction of sp³-hybridized carbons (Fsp3) is 0.500. The molecule has 0 fully saturated rings. The molecule has 0 aliphatic rings. The Kier molecular flexibility index (Phi) is 8.00. The van der Waals surface area contributed by atoms with E-state index in [1.165, 1.54) is 4.90 Å². The monoisotopic (exact) mass is 415 g/mol. The number of benzene rings is 1. The number of para-hydroxylation sites is 1. The van der Waals surface area contributed by atoms with Gasteiger partial charge in [-0.1, -0.05) is 45.9 Å². The molecule has 2 N–H and O–H groups in total. The lowest BCUT2D eigenvalue weighted by Crippen LogP contribution is -2.42. The number of hydrogen-bond acceptors (Lipinski definition) is 4. The van der Waals surface area contributed by atoms with Gasteiger partial charge in [0.2, 0.25) is 5.91 Å². The van der Waals surface area contributed by atoms with Crippen molar-refractivity contribution < 1.29 is 14.3 Å². The molecule has 0 unspecified atom stereocenters. The number of urea groups is 1. The topological polar surface area (TPSA) is 88.5 Å². The van der Waals surface area contributed by atoms with E-state index in [1.807, 2.05) is 37.3 Å². The molecule has 0 spiro atoms. The predicted molar refractivity (Wildman–Crippen MR) is 119 cm³/mol. The van der Waals surface area contributed by atoms with Gasteiger partial charge in [0.05, 0.1) is 12.3 Å². The van der Waals surface area contributed by atoms with E-state index in [9.17, 15) is 9.59 Å². The standard InChI is InChI=1S/C22H33N5O3/c1-7-16-10-8-9-11-17(16)23-21(29)27(12-13-30-6)15-20(28)24-19-14-18(22(2,3)4)25-26(19)5/h8-11,14H,7,12-13,15H2,1-6H3,(H,23,29)(H,24,28). The SMILES string of the molecule is CCc1ccccc1NC(=O)N(CCOC)CC(=O)Nc1cc(C(C)(C)C)nn1C. The van der Waals surface area contributed by atoms with E-state index < -0.39 is 0 Å². The highest BCUT2D eigenvalue weighted by Gasteiger charge is 2.22. The number of carbonyl (C=O) groups is 2. The summed E-state index contributed by atoms with van der Waals surface area (Å²) in [4.78, 5) is 26.9. The van der Waals surface area contributed by atoms with Crippen LogP contribution in [0.15, 0.2) is 30.3 Å². The van der Waals surface area contributed by atoms with E-state index >= 15 is 0 Å². The van der Waals surface area contributed by atoms with Crippen molar-refractivity contribution >= 4 is 23.4 Å². The Morgan fingerprint density at radius 2 is 1.90 bits per heavy atom. The van der Waals surface area contributed by atoms with Crippen LogP contribution in [0.3, 0.4) is 0 Å². The van der Waals surface area contributed by atoms with Crippen LogP contribution in [-0.4, -0.2) is 53.4 Å². The lowest BCUT2D eigenvalue weighted by atomic mass is 9.92. The third kappa shape index (κ3) is 6.32. The summed E-state index contributed by atoms with van der Waals surface area (Å²) in [6.07, 6.45) is 0.797.